The molecule has 0 radical (unpaired) electrons. The minimum Gasteiger partial charge on any atom is -0.341 e. The maximum absolute atomic E-state index is 13.3. The molecule has 0 aromatic heterocycles. The van der Waals surface area contributed by atoms with Gasteiger partial charge in [0, 0.05) is 45.8 Å². The first-order valence-corrected chi connectivity index (χ1v) is 10.4. The van der Waals surface area contributed by atoms with Gasteiger partial charge in [0.1, 0.15) is 0 Å². The van der Waals surface area contributed by atoms with Crippen molar-refractivity contribution in [1.82, 2.24) is 20.0 Å². The van der Waals surface area contributed by atoms with Crippen LogP contribution in [0.4, 0.5) is 4.79 Å². The Labute approximate surface area is 157 Å². The quantitative estimate of drug-likeness (QED) is 0.762. The molecule has 1 N–H and O–H groups in total. The van der Waals surface area contributed by atoms with E-state index in [1.54, 1.807) is 6.08 Å². The van der Waals surface area contributed by atoms with E-state index in [9.17, 15) is 9.59 Å². The second kappa shape index (κ2) is 9.40. The summed E-state index contributed by atoms with van der Waals surface area (Å²) in [5.41, 5.74) is 0. The molecule has 1 aliphatic carbocycles. The van der Waals surface area contributed by atoms with Crippen molar-refractivity contribution in [3.63, 3.8) is 0 Å². The molecule has 6 nitrogen and oxygen atoms in total. The van der Waals surface area contributed by atoms with Crippen LogP contribution < -0.4 is 5.32 Å². The number of rotatable bonds is 5. The summed E-state index contributed by atoms with van der Waals surface area (Å²) in [4.78, 5) is 31.8. The molecule has 0 spiro atoms. The van der Waals surface area contributed by atoms with Crippen LogP contribution in [0.1, 0.15) is 44.9 Å². The number of hydrogen-bond donors (Lipinski definition) is 1. The van der Waals surface area contributed by atoms with Gasteiger partial charge in [0.15, 0.2) is 0 Å². The molecule has 3 amide bonds. The number of urea groups is 1. The first-order chi connectivity index (χ1) is 12.7. The number of nitrogens with zero attached hydrogens (tertiary/aromatic N) is 3. The third kappa shape index (κ3) is 4.58. The molecule has 1 atom stereocenters. The predicted octanol–water partition coefficient (Wildman–Crippen LogP) is 2.07. The lowest BCUT2D eigenvalue weighted by molar-refractivity contribution is -0.140. The molecular formula is C20H34N4O2. The van der Waals surface area contributed by atoms with E-state index in [1.807, 2.05) is 4.90 Å². The van der Waals surface area contributed by atoms with Crippen molar-refractivity contribution in [1.29, 1.82) is 0 Å². The highest BCUT2D eigenvalue weighted by atomic mass is 16.2. The fraction of sp³-hybridized carbons (Fsp3) is 0.800. The van der Waals surface area contributed by atoms with Gasteiger partial charge in [0.2, 0.25) is 5.91 Å². The number of carbonyl (C=O) groups excluding carboxylic acids is 2. The Morgan fingerprint density at radius 1 is 0.923 bits per heavy atom. The first-order valence-electron chi connectivity index (χ1n) is 10.4. The summed E-state index contributed by atoms with van der Waals surface area (Å²) in [6.07, 6.45) is 10.1. The lowest BCUT2D eigenvalue weighted by Crippen LogP contribution is -2.59. The number of nitrogens with one attached hydrogen (secondary N) is 1. The largest absolute Gasteiger partial charge is 0.341 e. The molecule has 6 heteroatoms. The molecule has 3 fully saturated rings. The summed E-state index contributed by atoms with van der Waals surface area (Å²) in [7, 11) is 0. The van der Waals surface area contributed by atoms with E-state index in [-0.39, 0.29) is 12.1 Å². The Balaban J connectivity index is 1.61. The fourth-order valence-corrected chi connectivity index (χ4v) is 4.70. The standard InChI is InChI=1S/C20H34N4O2/c1-2-10-21-20(26)24-15-13-22(14-16-24)18(17-8-4-5-9-17)19(25)23-11-6-3-7-12-23/h2,17-18H,1,3-16H2,(H,21,26)/t18-/m1/s1. The van der Waals surface area contributed by atoms with Crippen LogP contribution in [-0.4, -0.2) is 78.5 Å². The van der Waals surface area contributed by atoms with Crippen molar-refractivity contribution in [2.24, 2.45) is 5.92 Å². The highest BCUT2D eigenvalue weighted by Crippen LogP contribution is 2.32. The van der Waals surface area contributed by atoms with Crippen molar-refractivity contribution in [2.75, 3.05) is 45.8 Å². The number of amides is 3. The Bertz CT molecular complexity index is 490. The molecule has 1 saturated carbocycles. The van der Waals surface area contributed by atoms with Crippen LogP contribution in [0, 0.1) is 5.92 Å². The Kier molecular flexibility index (Phi) is 6.94. The summed E-state index contributed by atoms with van der Waals surface area (Å²) in [5, 5.41) is 2.85. The van der Waals surface area contributed by atoms with E-state index in [4.69, 9.17) is 0 Å². The summed E-state index contributed by atoms with van der Waals surface area (Å²) in [6, 6.07) is -0.00157. The second-order valence-corrected chi connectivity index (χ2v) is 7.87. The highest BCUT2D eigenvalue weighted by molar-refractivity contribution is 5.82. The van der Waals surface area contributed by atoms with Gasteiger partial charge in [-0.15, -0.1) is 6.58 Å². The molecule has 0 unspecified atom stereocenters. The molecular weight excluding hydrogens is 328 g/mol. The van der Waals surface area contributed by atoms with Crippen molar-refractivity contribution >= 4 is 11.9 Å². The Morgan fingerprint density at radius 3 is 2.19 bits per heavy atom. The van der Waals surface area contributed by atoms with E-state index in [0.29, 0.717) is 31.5 Å². The van der Waals surface area contributed by atoms with Gasteiger partial charge < -0.3 is 15.1 Å². The zero-order valence-electron chi connectivity index (χ0n) is 16.0. The molecule has 0 aromatic rings. The van der Waals surface area contributed by atoms with Gasteiger partial charge in [-0.2, -0.15) is 0 Å². The third-order valence-corrected chi connectivity index (χ3v) is 6.16. The lowest BCUT2D eigenvalue weighted by Gasteiger charge is -2.43. The average Bonchev–Trinajstić information content (AvgIpc) is 3.21. The van der Waals surface area contributed by atoms with Crippen LogP contribution in [-0.2, 0) is 4.79 Å². The van der Waals surface area contributed by atoms with Crippen LogP contribution >= 0.6 is 0 Å². The van der Waals surface area contributed by atoms with Crippen LogP contribution in [0.5, 0.6) is 0 Å². The minimum atomic E-state index is -0.0238. The van der Waals surface area contributed by atoms with Crippen LogP contribution in [0.3, 0.4) is 0 Å². The molecule has 2 saturated heterocycles. The number of piperazine rings is 1. The van der Waals surface area contributed by atoms with Gasteiger partial charge in [-0.05, 0) is 38.0 Å². The SMILES string of the molecule is C=CCNC(=O)N1CCN([C@@H](C(=O)N2CCCCC2)C2CCCC2)CC1. The summed E-state index contributed by atoms with van der Waals surface area (Å²) < 4.78 is 0. The number of piperidine rings is 1. The van der Waals surface area contributed by atoms with E-state index >= 15 is 0 Å². The van der Waals surface area contributed by atoms with Gasteiger partial charge in [-0.1, -0.05) is 18.9 Å². The zero-order valence-corrected chi connectivity index (χ0v) is 16.0. The monoisotopic (exact) mass is 362 g/mol. The smallest absolute Gasteiger partial charge is 0.317 e. The molecule has 26 heavy (non-hydrogen) atoms. The zero-order chi connectivity index (χ0) is 18.4. The summed E-state index contributed by atoms with van der Waals surface area (Å²) >= 11 is 0. The Hall–Kier alpha value is -1.56. The maximum Gasteiger partial charge on any atom is 0.317 e. The number of carbonyl (C=O) groups is 2. The van der Waals surface area contributed by atoms with Gasteiger partial charge in [-0.25, -0.2) is 4.79 Å². The lowest BCUT2D eigenvalue weighted by atomic mass is 9.93. The third-order valence-electron chi connectivity index (χ3n) is 6.16. The molecule has 0 bridgehead atoms. The fourth-order valence-electron chi connectivity index (χ4n) is 4.70. The highest BCUT2D eigenvalue weighted by Gasteiger charge is 2.39. The molecule has 3 rings (SSSR count). The maximum atomic E-state index is 13.3. The molecule has 2 aliphatic heterocycles. The van der Waals surface area contributed by atoms with Crippen molar-refractivity contribution in [3.05, 3.63) is 12.7 Å². The van der Waals surface area contributed by atoms with Gasteiger partial charge in [0.05, 0.1) is 6.04 Å². The summed E-state index contributed by atoms with van der Waals surface area (Å²) in [6.45, 7) is 8.96. The van der Waals surface area contributed by atoms with Crippen LogP contribution in [0.2, 0.25) is 0 Å². The van der Waals surface area contributed by atoms with Gasteiger partial charge in [-0.3, -0.25) is 9.69 Å². The second-order valence-electron chi connectivity index (χ2n) is 7.87. The molecule has 146 valence electrons. The van der Waals surface area contributed by atoms with Gasteiger partial charge in [0.25, 0.3) is 0 Å². The first kappa shape index (κ1) is 19.2. The Morgan fingerprint density at radius 2 is 1.58 bits per heavy atom. The molecule has 2 heterocycles. The van der Waals surface area contributed by atoms with Crippen molar-refractivity contribution in [3.8, 4) is 0 Å². The van der Waals surface area contributed by atoms with Crippen LogP contribution in [0.15, 0.2) is 12.7 Å². The van der Waals surface area contributed by atoms with E-state index in [1.165, 1.54) is 32.1 Å². The minimum absolute atomic E-state index is 0.0222. The topological polar surface area (TPSA) is 55.9 Å². The van der Waals surface area contributed by atoms with Crippen molar-refractivity contribution in [2.45, 2.75) is 51.0 Å². The predicted molar refractivity (Wildman–Crippen MR) is 103 cm³/mol. The van der Waals surface area contributed by atoms with Crippen molar-refractivity contribution < 1.29 is 9.59 Å². The average molecular weight is 363 g/mol. The van der Waals surface area contributed by atoms with E-state index < -0.39 is 0 Å². The molecule has 0 aromatic carbocycles. The summed E-state index contributed by atoms with van der Waals surface area (Å²) in [5.74, 6) is 0.840. The number of hydrogen-bond acceptors (Lipinski definition) is 3. The van der Waals surface area contributed by atoms with E-state index in [2.05, 4.69) is 21.7 Å². The number of likely N-dealkylation sites (tertiary alicyclic amines) is 1. The normalized spacial score (nSPS) is 23.7. The molecule has 3 aliphatic rings. The van der Waals surface area contributed by atoms with Gasteiger partial charge >= 0.3 is 6.03 Å². The van der Waals surface area contributed by atoms with Crippen LogP contribution in [0.25, 0.3) is 0 Å². The van der Waals surface area contributed by atoms with E-state index in [0.717, 1.165) is 39.0 Å².